The summed E-state index contributed by atoms with van der Waals surface area (Å²) in [5.74, 6) is -0.208. The lowest BCUT2D eigenvalue weighted by atomic mass is 10.0. The summed E-state index contributed by atoms with van der Waals surface area (Å²) in [6, 6.07) is 14.2. The van der Waals surface area contributed by atoms with Gasteiger partial charge in [-0.25, -0.2) is 0 Å². The van der Waals surface area contributed by atoms with Crippen LogP contribution in [0.15, 0.2) is 54.6 Å². The summed E-state index contributed by atoms with van der Waals surface area (Å²) in [4.78, 5) is 14.3. The third-order valence-corrected chi connectivity index (χ3v) is 4.59. The number of alkyl halides is 3. The molecule has 7 heteroatoms. The Kier molecular flexibility index (Phi) is 6.89. The molecule has 0 radical (unpaired) electrons. The Morgan fingerprint density at radius 1 is 1.07 bits per heavy atom. The van der Waals surface area contributed by atoms with E-state index in [2.05, 4.69) is 0 Å². The van der Waals surface area contributed by atoms with Crippen LogP contribution in [-0.2, 0) is 17.5 Å². The third kappa shape index (κ3) is 5.47. The van der Waals surface area contributed by atoms with Crippen LogP contribution in [0.2, 0.25) is 0 Å². The highest BCUT2D eigenvalue weighted by Gasteiger charge is 2.37. The highest BCUT2D eigenvalue weighted by Crippen LogP contribution is 2.35. The lowest BCUT2D eigenvalue weighted by Crippen LogP contribution is -2.35. The van der Waals surface area contributed by atoms with Gasteiger partial charge in [-0.15, -0.1) is 12.4 Å². The maximum Gasteiger partial charge on any atom is 0.416 e. The van der Waals surface area contributed by atoms with Crippen molar-refractivity contribution in [2.45, 2.75) is 44.1 Å². The number of nitrogens with zero attached hydrogens (tertiary/aromatic N) is 1. The molecule has 0 aliphatic heterocycles. The summed E-state index contributed by atoms with van der Waals surface area (Å²) in [5, 5.41) is 0. The number of hydrogen-bond donors (Lipinski definition) is 1. The molecule has 0 aromatic heterocycles. The minimum absolute atomic E-state index is 0. The van der Waals surface area contributed by atoms with Crippen molar-refractivity contribution < 1.29 is 18.0 Å². The van der Waals surface area contributed by atoms with E-state index >= 15 is 0 Å². The Bertz CT molecular complexity index is 763. The molecular formula is C20H22ClF3N2O. The van der Waals surface area contributed by atoms with Gasteiger partial charge >= 0.3 is 6.18 Å². The fourth-order valence-electron chi connectivity index (χ4n) is 3.05. The van der Waals surface area contributed by atoms with Crippen LogP contribution in [0.1, 0.15) is 42.0 Å². The molecule has 27 heavy (non-hydrogen) atoms. The highest BCUT2D eigenvalue weighted by molar-refractivity contribution is 5.85. The first-order valence-corrected chi connectivity index (χ1v) is 8.61. The second kappa shape index (κ2) is 8.76. The van der Waals surface area contributed by atoms with Crippen molar-refractivity contribution in [1.29, 1.82) is 0 Å². The van der Waals surface area contributed by atoms with Crippen molar-refractivity contribution in [3.05, 3.63) is 71.3 Å². The van der Waals surface area contributed by atoms with Crippen LogP contribution >= 0.6 is 12.4 Å². The van der Waals surface area contributed by atoms with Crippen LogP contribution < -0.4 is 5.73 Å². The number of carbonyl (C=O) groups excluding carboxylic acids is 1. The number of hydrogen-bond acceptors (Lipinski definition) is 2. The summed E-state index contributed by atoms with van der Waals surface area (Å²) in [6.07, 6.45) is -2.72. The van der Waals surface area contributed by atoms with Crippen molar-refractivity contribution in [3.8, 4) is 0 Å². The van der Waals surface area contributed by atoms with Gasteiger partial charge in [-0.3, -0.25) is 4.79 Å². The normalized spacial score (nSPS) is 15.0. The molecule has 1 fully saturated rings. The van der Waals surface area contributed by atoms with Crippen molar-refractivity contribution in [1.82, 2.24) is 4.90 Å². The Hall–Kier alpha value is -2.05. The van der Waals surface area contributed by atoms with E-state index in [4.69, 9.17) is 5.73 Å². The van der Waals surface area contributed by atoms with Gasteiger partial charge in [0.05, 0.1) is 5.56 Å². The maximum atomic E-state index is 13.2. The molecule has 1 aliphatic carbocycles. The maximum absolute atomic E-state index is 13.2. The molecule has 0 spiro atoms. The average Bonchev–Trinajstić information content (AvgIpc) is 3.44. The second-order valence-corrected chi connectivity index (χ2v) is 6.63. The topological polar surface area (TPSA) is 46.3 Å². The van der Waals surface area contributed by atoms with Crippen LogP contribution in [-0.4, -0.2) is 16.8 Å². The standard InChI is InChI=1S/C20H21F3N2O.ClH/c21-20(22,23)17-9-5-4-8-15(17)13-25(16-10-11-16)19(26)12-18(24)14-6-2-1-3-7-14;/h1-9,16,18H,10-13,24H2;1H. The molecule has 0 bridgehead atoms. The summed E-state index contributed by atoms with van der Waals surface area (Å²) in [7, 11) is 0. The summed E-state index contributed by atoms with van der Waals surface area (Å²) in [6.45, 7) is -0.0410. The summed E-state index contributed by atoms with van der Waals surface area (Å²) < 4.78 is 39.7. The van der Waals surface area contributed by atoms with Crippen LogP contribution in [0.4, 0.5) is 13.2 Å². The van der Waals surface area contributed by atoms with Crippen molar-refractivity contribution in [2.75, 3.05) is 0 Å². The number of nitrogens with two attached hydrogens (primary N) is 1. The van der Waals surface area contributed by atoms with E-state index in [9.17, 15) is 18.0 Å². The smallest absolute Gasteiger partial charge is 0.335 e. The molecule has 1 saturated carbocycles. The molecule has 2 N–H and O–H groups in total. The van der Waals surface area contributed by atoms with E-state index in [-0.39, 0.29) is 42.9 Å². The fourth-order valence-corrected chi connectivity index (χ4v) is 3.05. The molecular weight excluding hydrogens is 377 g/mol. The lowest BCUT2D eigenvalue weighted by molar-refractivity contribution is -0.140. The van der Waals surface area contributed by atoms with Gasteiger partial charge in [0.1, 0.15) is 0 Å². The average molecular weight is 399 g/mol. The van der Waals surface area contributed by atoms with Crippen molar-refractivity contribution in [2.24, 2.45) is 5.73 Å². The monoisotopic (exact) mass is 398 g/mol. The Balaban J connectivity index is 0.00000261. The number of halogens is 4. The zero-order valence-electron chi connectivity index (χ0n) is 14.7. The predicted octanol–water partition coefficient (Wildman–Crippen LogP) is 4.71. The quantitative estimate of drug-likeness (QED) is 0.766. The van der Waals surface area contributed by atoms with Crippen molar-refractivity contribution in [3.63, 3.8) is 0 Å². The molecule has 1 atom stereocenters. The van der Waals surface area contributed by atoms with Gasteiger partial charge in [-0.1, -0.05) is 48.5 Å². The Morgan fingerprint density at radius 3 is 2.26 bits per heavy atom. The van der Waals surface area contributed by atoms with E-state index in [1.165, 1.54) is 12.1 Å². The summed E-state index contributed by atoms with van der Waals surface area (Å²) >= 11 is 0. The van der Waals surface area contributed by atoms with Crippen LogP contribution in [0.3, 0.4) is 0 Å². The largest absolute Gasteiger partial charge is 0.416 e. The first-order chi connectivity index (χ1) is 12.4. The molecule has 0 saturated heterocycles. The SMILES string of the molecule is Cl.NC(CC(=O)N(Cc1ccccc1C(F)(F)F)C1CC1)c1ccccc1. The van der Waals surface area contributed by atoms with Gasteiger partial charge in [0.25, 0.3) is 0 Å². The molecule has 2 aromatic rings. The van der Waals surface area contributed by atoms with Gasteiger partial charge in [-0.05, 0) is 30.0 Å². The van der Waals surface area contributed by atoms with Crippen LogP contribution in [0.5, 0.6) is 0 Å². The zero-order chi connectivity index (χ0) is 18.7. The van der Waals surface area contributed by atoms with Gasteiger partial charge in [0, 0.05) is 25.0 Å². The molecule has 0 heterocycles. The van der Waals surface area contributed by atoms with E-state index in [1.54, 1.807) is 11.0 Å². The van der Waals surface area contributed by atoms with Gasteiger partial charge < -0.3 is 10.6 Å². The van der Waals surface area contributed by atoms with Gasteiger partial charge in [-0.2, -0.15) is 13.2 Å². The lowest BCUT2D eigenvalue weighted by Gasteiger charge is -2.26. The van der Waals surface area contributed by atoms with Gasteiger partial charge in [0.2, 0.25) is 5.91 Å². The number of benzene rings is 2. The molecule has 1 amide bonds. The molecule has 1 aliphatic rings. The molecule has 3 nitrogen and oxygen atoms in total. The Morgan fingerprint density at radius 2 is 1.67 bits per heavy atom. The van der Waals surface area contributed by atoms with Crippen LogP contribution in [0, 0.1) is 0 Å². The minimum atomic E-state index is -4.44. The molecule has 2 aromatic carbocycles. The number of carbonyl (C=O) groups is 1. The van der Waals surface area contributed by atoms with E-state index in [1.807, 2.05) is 30.3 Å². The molecule has 3 rings (SSSR count). The predicted molar refractivity (Wildman–Crippen MR) is 100 cm³/mol. The van der Waals surface area contributed by atoms with E-state index < -0.39 is 17.8 Å². The van der Waals surface area contributed by atoms with Gasteiger partial charge in [0.15, 0.2) is 0 Å². The highest BCUT2D eigenvalue weighted by atomic mass is 35.5. The van der Waals surface area contributed by atoms with E-state index in [0.29, 0.717) is 0 Å². The third-order valence-electron chi connectivity index (χ3n) is 4.59. The first kappa shape index (κ1) is 21.3. The Labute approximate surface area is 162 Å². The molecule has 146 valence electrons. The number of rotatable bonds is 6. The zero-order valence-corrected chi connectivity index (χ0v) is 15.5. The molecule has 1 unspecified atom stereocenters. The first-order valence-electron chi connectivity index (χ1n) is 8.61. The number of amides is 1. The second-order valence-electron chi connectivity index (χ2n) is 6.63. The van der Waals surface area contributed by atoms with Crippen LogP contribution in [0.25, 0.3) is 0 Å². The fraction of sp³-hybridized carbons (Fsp3) is 0.350. The minimum Gasteiger partial charge on any atom is -0.335 e. The summed E-state index contributed by atoms with van der Waals surface area (Å²) in [5.41, 5.74) is 6.39. The van der Waals surface area contributed by atoms with E-state index in [0.717, 1.165) is 24.5 Å². The van der Waals surface area contributed by atoms with Crippen molar-refractivity contribution >= 4 is 18.3 Å².